The number of morpholine rings is 1. The van der Waals surface area contributed by atoms with Gasteiger partial charge < -0.3 is 19.9 Å². The van der Waals surface area contributed by atoms with Gasteiger partial charge >= 0.3 is 0 Å². The lowest BCUT2D eigenvalue weighted by atomic mass is 10.2. The van der Waals surface area contributed by atoms with Crippen LogP contribution in [0.3, 0.4) is 0 Å². The standard InChI is InChI=1S/C19H19BrF2N8O/c1-9-7-29(8-10(2)31-9)19-27-17(18-24-5-13(20)30(18)28-19)23-6-14-25-12-4-3-11(21)15(22)16(12)26-14/h3-5,9-10H,6-8H2,1-2H3,(H,25,26)(H,23,27,28). The second-order valence-electron chi connectivity index (χ2n) is 7.53. The molecule has 162 valence electrons. The number of aromatic amines is 1. The average Bonchev–Trinajstić information content (AvgIpc) is 3.32. The van der Waals surface area contributed by atoms with Crippen LogP contribution in [0, 0.1) is 11.6 Å². The van der Waals surface area contributed by atoms with Crippen molar-refractivity contribution in [2.24, 2.45) is 0 Å². The Balaban J connectivity index is 1.47. The van der Waals surface area contributed by atoms with Gasteiger partial charge in [-0.05, 0) is 41.9 Å². The Labute approximate surface area is 184 Å². The van der Waals surface area contributed by atoms with Crippen LogP contribution in [-0.4, -0.2) is 54.8 Å². The molecule has 1 fully saturated rings. The second kappa shape index (κ2) is 7.68. The van der Waals surface area contributed by atoms with Crippen LogP contribution in [0.1, 0.15) is 19.7 Å². The summed E-state index contributed by atoms with van der Waals surface area (Å²) in [6.45, 7) is 5.56. The van der Waals surface area contributed by atoms with E-state index in [1.165, 1.54) is 6.07 Å². The number of rotatable bonds is 4. The number of nitrogens with zero attached hydrogens (tertiary/aromatic N) is 6. The normalized spacial score (nSPS) is 19.5. The van der Waals surface area contributed by atoms with Crippen LogP contribution >= 0.6 is 15.9 Å². The predicted octanol–water partition coefficient (Wildman–Crippen LogP) is 3.27. The summed E-state index contributed by atoms with van der Waals surface area (Å²) < 4.78 is 35.6. The van der Waals surface area contributed by atoms with Crippen molar-refractivity contribution in [1.29, 1.82) is 0 Å². The minimum absolute atomic E-state index is 0.0369. The van der Waals surface area contributed by atoms with E-state index in [4.69, 9.17) is 4.74 Å². The molecule has 2 N–H and O–H groups in total. The lowest BCUT2D eigenvalue weighted by molar-refractivity contribution is -0.00577. The number of benzene rings is 1. The van der Waals surface area contributed by atoms with Crippen molar-refractivity contribution in [3.05, 3.63) is 40.4 Å². The van der Waals surface area contributed by atoms with Crippen molar-refractivity contribution < 1.29 is 13.5 Å². The van der Waals surface area contributed by atoms with Gasteiger partial charge in [0.05, 0.1) is 30.5 Å². The van der Waals surface area contributed by atoms with E-state index in [0.717, 1.165) is 6.07 Å². The summed E-state index contributed by atoms with van der Waals surface area (Å²) in [5.74, 6) is -0.434. The van der Waals surface area contributed by atoms with Gasteiger partial charge in [0.2, 0.25) is 5.95 Å². The average molecular weight is 493 g/mol. The molecule has 0 saturated carbocycles. The summed E-state index contributed by atoms with van der Waals surface area (Å²) >= 11 is 3.46. The number of hydrogen-bond donors (Lipinski definition) is 2. The molecule has 31 heavy (non-hydrogen) atoms. The molecular weight excluding hydrogens is 474 g/mol. The highest BCUT2D eigenvalue weighted by Crippen LogP contribution is 2.24. The summed E-state index contributed by atoms with van der Waals surface area (Å²) in [6, 6.07) is 2.53. The van der Waals surface area contributed by atoms with Crippen LogP contribution in [0.15, 0.2) is 22.9 Å². The van der Waals surface area contributed by atoms with E-state index in [9.17, 15) is 8.78 Å². The van der Waals surface area contributed by atoms with Crippen molar-refractivity contribution in [2.45, 2.75) is 32.6 Å². The Morgan fingerprint density at radius 2 is 2.00 bits per heavy atom. The Kier molecular flexibility index (Phi) is 4.97. The van der Waals surface area contributed by atoms with E-state index in [-0.39, 0.29) is 24.3 Å². The maximum absolute atomic E-state index is 14.0. The third-order valence-corrected chi connectivity index (χ3v) is 5.57. The molecule has 0 bridgehead atoms. The molecule has 1 aliphatic rings. The van der Waals surface area contributed by atoms with Crippen LogP contribution in [-0.2, 0) is 11.3 Å². The maximum Gasteiger partial charge on any atom is 0.245 e. The molecule has 2 unspecified atom stereocenters. The number of H-pyrrole nitrogens is 1. The first-order chi connectivity index (χ1) is 14.9. The smallest absolute Gasteiger partial charge is 0.245 e. The molecule has 1 saturated heterocycles. The van der Waals surface area contributed by atoms with E-state index in [1.807, 2.05) is 13.8 Å². The highest BCUT2D eigenvalue weighted by atomic mass is 79.9. The summed E-state index contributed by atoms with van der Waals surface area (Å²) in [7, 11) is 0. The number of halogens is 3. The molecule has 0 spiro atoms. The van der Waals surface area contributed by atoms with E-state index in [1.54, 1.807) is 10.7 Å². The Bertz CT molecular complexity index is 1260. The third kappa shape index (κ3) is 3.69. The Morgan fingerprint density at radius 3 is 2.77 bits per heavy atom. The monoisotopic (exact) mass is 492 g/mol. The second-order valence-corrected chi connectivity index (χ2v) is 8.35. The SMILES string of the molecule is CC1CN(c2nc(NCc3nc4c(F)c(F)ccc4[nH]3)c3ncc(Br)n3n2)CC(C)O1. The topological polar surface area (TPSA) is 96.3 Å². The molecule has 5 rings (SSSR count). The number of nitrogens with one attached hydrogen (secondary N) is 2. The van der Waals surface area contributed by atoms with Gasteiger partial charge in [0.1, 0.15) is 15.9 Å². The zero-order valence-corrected chi connectivity index (χ0v) is 18.3. The van der Waals surface area contributed by atoms with E-state index < -0.39 is 11.6 Å². The molecule has 2 atom stereocenters. The first-order valence-corrected chi connectivity index (χ1v) is 10.6. The number of imidazole rings is 2. The highest BCUT2D eigenvalue weighted by Gasteiger charge is 2.26. The van der Waals surface area contributed by atoms with Crippen molar-refractivity contribution >= 4 is 44.4 Å². The quantitative estimate of drug-likeness (QED) is 0.451. The van der Waals surface area contributed by atoms with Crippen LogP contribution < -0.4 is 10.2 Å². The van der Waals surface area contributed by atoms with Crippen molar-refractivity contribution in [2.75, 3.05) is 23.3 Å². The van der Waals surface area contributed by atoms with Gasteiger partial charge in [-0.3, -0.25) is 0 Å². The summed E-state index contributed by atoms with van der Waals surface area (Å²) in [5.41, 5.74) is 0.910. The van der Waals surface area contributed by atoms with Gasteiger partial charge in [-0.15, -0.1) is 5.10 Å². The Morgan fingerprint density at radius 1 is 1.23 bits per heavy atom. The molecule has 0 aliphatic carbocycles. The zero-order chi connectivity index (χ0) is 21.7. The third-order valence-electron chi connectivity index (χ3n) is 5.03. The maximum atomic E-state index is 14.0. The van der Waals surface area contributed by atoms with E-state index in [0.29, 0.717) is 46.4 Å². The lowest BCUT2D eigenvalue weighted by Gasteiger charge is -2.35. The molecule has 0 radical (unpaired) electrons. The van der Waals surface area contributed by atoms with Gasteiger partial charge in [-0.25, -0.2) is 18.7 Å². The number of ether oxygens (including phenoxy) is 1. The number of aromatic nitrogens is 6. The fourth-order valence-electron chi connectivity index (χ4n) is 3.76. The minimum Gasteiger partial charge on any atom is -0.372 e. The van der Waals surface area contributed by atoms with Gasteiger partial charge in [0.25, 0.3) is 0 Å². The van der Waals surface area contributed by atoms with Crippen LogP contribution in [0.4, 0.5) is 20.5 Å². The van der Waals surface area contributed by atoms with Crippen molar-refractivity contribution in [1.82, 2.24) is 29.5 Å². The summed E-state index contributed by atoms with van der Waals surface area (Å²) in [6.07, 6.45) is 1.75. The summed E-state index contributed by atoms with van der Waals surface area (Å²) in [4.78, 5) is 18.3. The largest absolute Gasteiger partial charge is 0.372 e. The van der Waals surface area contributed by atoms with Crippen LogP contribution in [0.2, 0.25) is 0 Å². The minimum atomic E-state index is -0.973. The molecule has 4 aromatic rings. The molecule has 1 aliphatic heterocycles. The van der Waals surface area contributed by atoms with Gasteiger partial charge in [0, 0.05) is 13.1 Å². The molecule has 0 amide bonds. The molecule has 12 heteroatoms. The first-order valence-electron chi connectivity index (χ1n) is 9.77. The molecular formula is C19H19BrF2N8O. The van der Waals surface area contributed by atoms with Gasteiger partial charge in [0.15, 0.2) is 23.1 Å². The van der Waals surface area contributed by atoms with E-state index in [2.05, 4.69) is 51.2 Å². The van der Waals surface area contributed by atoms with E-state index >= 15 is 0 Å². The van der Waals surface area contributed by atoms with Crippen LogP contribution in [0.5, 0.6) is 0 Å². The number of hydrogen-bond acceptors (Lipinski definition) is 7. The molecule has 9 nitrogen and oxygen atoms in total. The summed E-state index contributed by atoms with van der Waals surface area (Å²) in [5, 5.41) is 7.80. The Hall–Kier alpha value is -2.86. The van der Waals surface area contributed by atoms with Crippen molar-refractivity contribution in [3.63, 3.8) is 0 Å². The fourth-order valence-corrected chi connectivity index (χ4v) is 4.11. The first kappa shape index (κ1) is 20.1. The zero-order valence-electron chi connectivity index (χ0n) is 16.7. The lowest BCUT2D eigenvalue weighted by Crippen LogP contribution is -2.46. The predicted molar refractivity (Wildman–Crippen MR) is 114 cm³/mol. The van der Waals surface area contributed by atoms with Gasteiger partial charge in [-0.1, -0.05) is 0 Å². The number of fused-ring (bicyclic) bond motifs is 2. The van der Waals surface area contributed by atoms with Crippen molar-refractivity contribution in [3.8, 4) is 0 Å². The number of anilines is 2. The molecule has 3 aromatic heterocycles. The van der Waals surface area contributed by atoms with Gasteiger partial charge in [-0.2, -0.15) is 9.50 Å². The molecule has 1 aromatic carbocycles. The van der Waals surface area contributed by atoms with Crippen LogP contribution in [0.25, 0.3) is 16.7 Å². The fraction of sp³-hybridized carbons (Fsp3) is 0.368. The molecule has 4 heterocycles. The highest BCUT2D eigenvalue weighted by molar-refractivity contribution is 9.10.